The lowest BCUT2D eigenvalue weighted by Crippen LogP contribution is -2.04. The third kappa shape index (κ3) is 2.03. The average molecular weight is 304 g/mol. The molecule has 0 aliphatic rings. The first-order chi connectivity index (χ1) is 8.34. The second kappa shape index (κ2) is 4.76. The molecule has 96 valence electrons. The number of aromatic nitrogens is 1. The van der Waals surface area contributed by atoms with Gasteiger partial charge < -0.3 is 5.73 Å². The molecule has 2 N–H and O–H groups in total. The third-order valence-electron chi connectivity index (χ3n) is 2.95. The van der Waals surface area contributed by atoms with Crippen molar-refractivity contribution in [3.05, 3.63) is 32.4 Å². The lowest BCUT2D eigenvalue weighted by molar-refractivity contribution is 0.851. The Morgan fingerprint density at radius 3 is 2.33 bits per heavy atom. The molecule has 0 unspecified atom stereocenters. The summed E-state index contributed by atoms with van der Waals surface area (Å²) in [4.78, 5) is 4.50. The minimum absolute atomic E-state index is 0.260. The Kier molecular flexibility index (Phi) is 3.63. The van der Waals surface area contributed by atoms with E-state index in [0.717, 1.165) is 11.3 Å². The van der Waals surface area contributed by atoms with E-state index in [4.69, 9.17) is 40.5 Å². The molecule has 0 radical (unpaired) electrons. The summed E-state index contributed by atoms with van der Waals surface area (Å²) in [5.74, 6) is 0.260. The Labute approximate surface area is 121 Å². The molecule has 0 atom stereocenters. The van der Waals surface area contributed by atoms with Crippen LogP contribution in [0.2, 0.25) is 15.1 Å². The monoisotopic (exact) mass is 302 g/mol. The van der Waals surface area contributed by atoms with Crippen LogP contribution in [0, 0.1) is 6.92 Å². The van der Waals surface area contributed by atoms with Crippen LogP contribution in [0.5, 0.6) is 0 Å². The van der Waals surface area contributed by atoms with E-state index in [1.54, 1.807) is 6.07 Å². The molecule has 5 heteroatoms. The molecule has 2 rings (SSSR count). The van der Waals surface area contributed by atoms with Gasteiger partial charge in [0, 0.05) is 16.8 Å². The number of benzene rings is 1. The Morgan fingerprint density at radius 2 is 1.78 bits per heavy atom. The van der Waals surface area contributed by atoms with Crippen LogP contribution >= 0.6 is 34.8 Å². The van der Waals surface area contributed by atoms with Crippen molar-refractivity contribution >= 4 is 51.4 Å². The number of nitrogen functional groups attached to an aromatic ring is 1. The third-order valence-corrected chi connectivity index (χ3v) is 4.03. The van der Waals surface area contributed by atoms with Gasteiger partial charge in [0.2, 0.25) is 0 Å². The second-order valence-corrected chi connectivity index (χ2v) is 5.75. The summed E-state index contributed by atoms with van der Waals surface area (Å²) < 4.78 is 0. The van der Waals surface area contributed by atoms with Gasteiger partial charge in [0.1, 0.15) is 0 Å². The zero-order chi connectivity index (χ0) is 13.6. The van der Waals surface area contributed by atoms with Gasteiger partial charge in [-0.2, -0.15) is 0 Å². The highest BCUT2D eigenvalue weighted by Crippen LogP contribution is 2.41. The van der Waals surface area contributed by atoms with Crippen molar-refractivity contribution in [2.75, 3.05) is 5.73 Å². The summed E-state index contributed by atoms with van der Waals surface area (Å²) in [6, 6.07) is 1.59. The van der Waals surface area contributed by atoms with E-state index in [1.165, 1.54) is 0 Å². The van der Waals surface area contributed by atoms with E-state index in [1.807, 2.05) is 6.92 Å². The quantitative estimate of drug-likeness (QED) is 0.735. The number of nitrogens with two attached hydrogens (primary N) is 1. The van der Waals surface area contributed by atoms with Crippen molar-refractivity contribution in [1.29, 1.82) is 0 Å². The molecule has 1 aromatic carbocycles. The van der Waals surface area contributed by atoms with Crippen LogP contribution in [-0.4, -0.2) is 4.98 Å². The summed E-state index contributed by atoms with van der Waals surface area (Å²) in [5, 5.41) is 1.90. The fourth-order valence-corrected chi connectivity index (χ4v) is 2.98. The van der Waals surface area contributed by atoms with Crippen molar-refractivity contribution in [2.45, 2.75) is 26.7 Å². The van der Waals surface area contributed by atoms with Crippen LogP contribution in [0.1, 0.15) is 31.0 Å². The van der Waals surface area contributed by atoms with Crippen LogP contribution in [0.3, 0.4) is 0 Å². The first-order valence-corrected chi connectivity index (χ1v) is 6.71. The normalized spacial score (nSPS) is 11.5. The summed E-state index contributed by atoms with van der Waals surface area (Å²) in [5.41, 5.74) is 9.29. The maximum atomic E-state index is 6.22. The predicted octanol–water partition coefficient (Wildman–Crippen LogP) is 5.21. The Balaban J connectivity index is 3.01. The standard InChI is InChI=1S/C13H13Cl3N2/c1-5(2)9-6(3)18-13-8(15)4-7(14)11(16)10(13)12(9)17/h4-5H,1-3H3,(H2,17,18). The number of rotatable bonds is 1. The zero-order valence-corrected chi connectivity index (χ0v) is 12.6. The molecule has 2 aromatic rings. The van der Waals surface area contributed by atoms with Gasteiger partial charge >= 0.3 is 0 Å². The van der Waals surface area contributed by atoms with Crippen molar-refractivity contribution in [1.82, 2.24) is 4.98 Å². The minimum Gasteiger partial charge on any atom is -0.398 e. The van der Waals surface area contributed by atoms with E-state index < -0.39 is 0 Å². The molecule has 18 heavy (non-hydrogen) atoms. The minimum atomic E-state index is 0.260. The lowest BCUT2D eigenvalue weighted by Gasteiger charge is -2.16. The van der Waals surface area contributed by atoms with Crippen LogP contribution < -0.4 is 5.73 Å². The van der Waals surface area contributed by atoms with Gasteiger partial charge in [-0.25, -0.2) is 0 Å². The zero-order valence-electron chi connectivity index (χ0n) is 10.3. The van der Waals surface area contributed by atoms with Gasteiger partial charge in [0.25, 0.3) is 0 Å². The molecule has 0 bridgehead atoms. The van der Waals surface area contributed by atoms with E-state index in [2.05, 4.69) is 18.8 Å². The van der Waals surface area contributed by atoms with Crippen LogP contribution in [0.15, 0.2) is 6.07 Å². The first-order valence-electron chi connectivity index (χ1n) is 5.57. The van der Waals surface area contributed by atoms with Crippen LogP contribution in [0.4, 0.5) is 5.69 Å². The number of hydrogen-bond donors (Lipinski definition) is 1. The lowest BCUT2D eigenvalue weighted by atomic mass is 9.97. The smallest absolute Gasteiger partial charge is 0.0928 e. The van der Waals surface area contributed by atoms with Crippen molar-refractivity contribution in [2.24, 2.45) is 0 Å². The Morgan fingerprint density at radius 1 is 1.17 bits per heavy atom. The molecule has 0 saturated carbocycles. The van der Waals surface area contributed by atoms with Gasteiger partial charge in [0.05, 0.1) is 20.6 Å². The average Bonchev–Trinajstić information content (AvgIpc) is 2.25. The van der Waals surface area contributed by atoms with E-state index in [-0.39, 0.29) is 5.92 Å². The van der Waals surface area contributed by atoms with Crippen molar-refractivity contribution < 1.29 is 0 Å². The molecular formula is C13H13Cl3N2. The summed E-state index contributed by atoms with van der Waals surface area (Å²) in [7, 11) is 0. The van der Waals surface area contributed by atoms with Gasteiger partial charge in [-0.3, -0.25) is 4.98 Å². The van der Waals surface area contributed by atoms with Crippen molar-refractivity contribution in [3.8, 4) is 0 Å². The summed E-state index contributed by atoms with van der Waals surface area (Å²) >= 11 is 18.4. The molecule has 1 heterocycles. The molecular weight excluding hydrogens is 291 g/mol. The number of pyridine rings is 1. The Bertz CT molecular complexity index is 636. The highest BCUT2D eigenvalue weighted by molar-refractivity contribution is 6.48. The van der Waals surface area contributed by atoms with Gasteiger partial charge in [0.15, 0.2) is 0 Å². The van der Waals surface area contributed by atoms with E-state index in [0.29, 0.717) is 31.7 Å². The van der Waals surface area contributed by atoms with Crippen molar-refractivity contribution in [3.63, 3.8) is 0 Å². The molecule has 0 fully saturated rings. The second-order valence-electron chi connectivity index (χ2n) is 4.56. The van der Waals surface area contributed by atoms with Gasteiger partial charge in [-0.1, -0.05) is 48.7 Å². The number of aryl methyl sites for hydroxylation is 1. The molecule has 0 aliphatic heterocycles. The number of anilines is 1. The largest absolute Gasteiger partial charge is 0.398 e. The molecule has 1 aromatic heterocycles. The number of nitrogens with zero attached hydrogens (tertiary/aromatic N) is 1. The highest BCUT2D eigenvalue weighted by atomic mass is 35.5. The topological polar surface area (TPSA) is 38.9 Å². The molecule has 0 amide bonds. The SMILES string of the molecule is Cc1nc2c(Cl)cc(Cl)c(Cl)c2c(N)c1C(C)C. The molecule has 0 saturated heterocycles. The number of halogens is 3. The first kappa shape index (κ1) is 13.7. The highest BCUT2D eigenvalue weighted by Gasteiger charge is 2.18. The molecule has 0 spiro atoms. The van der Waals surface area contributed by atoms with Crippen LogP contribution in [-0.2, 0) is 0 Å². The summed E-state index contributed by atoms with van der Waals surface area (Å²) in [6.07, 6.45) is 0. The van der Waals surface area contributed by atoms with Gasteiger partial charge in [-0.15, -0.1) is 0 Å². The number of hydrogen-bond acceptors (Lipinski definition) is 2. The van der Waals surface area contributed by atoms with Gasteiger partial charge in [-0.05, 0) is 24.5 Å². The maximum absolute atomic E-state index is 6.22. The van der Waals surface area contributed by atoms with E-state index >= 15 is 0 Å². The number of fused-ring (bicyclic) bond motifs is 1. The van der Waals surface area contributed by atoms with E-state index in [9.17, 15) is 0 Å². The fourth-order valence-electron chi connectivity index (χ4n) is 2.23. The molecule has 2 nitrogen and oxygen atoms in total. The maximum Gasteiger partial charge on any atom is 0.0928 e. The summed E-state index contributed by atoms with van der Waals surface area (Å²) in [6.45, 7) is 6.04. The predicted molar refractivity (Wildman–Crippen MR) is 80.0 cm³/mol. The Hall–Kier alpha value is -0.700. The fraction of sp³-hybridized carbons (Fsp3) is 0.308. The van der Waals surface area contributed by atoms with Crippen LogP contribution in [0.25, 0.3) is 10.9 Å². The molecule has 0 aliphatic carbocycles.